The minimum absolute atomic E-state index is 0.0444. The van der Waals surface area contributed by atoms with Crippen molar-refractivity contribution in [3.63, 3.8) is 0 Å². The van der Waals surface area contributed by atoms with Crippen LogP contribution in [0.3, 0.4) is 0 Å². The maximum atomic E-state index is 13.4. The van der Waals surface area contributed by atoms with E-state index in [1.165, 1.54) is 33.2 Å². The number of nitrogens with one attached hydrogen (secondary N) is 2. The average molecular weight is 417 g/mol. The quantitative estimate of drug-likeness (QED) is 0.386. The topological polar surface area (TPSA) is 92.2 Å². The Bertz CT molecular complexity index is 1450. The van der Waals surface area contributed by atoms with E-state index >= 15 is 0 Å². The van der Waals surface area contributed by atoms with Crippen LogP contribution in [-0.2, 0) is 6.54 Å². The summed E-state index contributed by atoms with van der Waals surface area (Å²) in [5.41, 5.74) is 1.87. The molecule has 0 saturated heterocycles. The standard InChI is InChI=1S/C23H20FN5O2/c1-3-10-26-22(30)17-12-18-21(27-20-14(2)5-4-11-28(20)23(18)31)29(19(17)25)13-15-6-8-16(24)9-7-15/h3-9,11-12,25H,1,10,13H2,2H3,(H,26,30). The normalized spacial score (nSPS) is 11.0. The van der Waals surface area contributed by atoms with Crippen molar-refractivity contribution in [2.75, 3.05) is 6.54 Å². The molecule has 0 fully saturated rings. The molecule has 3 heterocycles. The van der Waals surface area contributed by atoms with E-state index in [9.17, 15) is 14.0 Å². The van der Waals surface area contributed by atoms with Gasteiger partial charge in [0.2, 0.25) is 0 Å². The first-order valence-corrected chi connectivity index (χ1v) is 9.64. The van der Waals surface area contributed by atoms with E-state index in [0.717, 1.165) is 5.56 Å². The Morgan fingerprint density at radius 2 is 2.00 bits per heavy atom. The second kappa shape index (κ2) is 7.98. The second-order valence-corrected chi connectivity index (χ2v) is 7.16. The van der Waals surface area contributed by atoms with Crippen LogP contribution < -0.4 is 16.4 Å². The summed E-state index contributed by atoms with van der Waals surface area (Å²) >= 11 is 0. The van der Waals surface area contributed by atoms with Crippen molar-refractivity contribution < 1.29 is 9.18 Å². The van der Waals surface area contributed by atoms with Gasteiger partial charge in [0.05, 0.1) is 17.5 Å². The SMILES string of the molecule is C=CCNC(=O)c1cc2c(=O)n3cccc(C)c3nc2n(Cc2ccc(F)cc2)c1=N. The van der Waals surface area contributed by atoms with Gasteiger partial charge in [-0.05, 0) is 42.3 Å². The van der Waals surface area contributed by atoms with Gasteiger partial charge in [0.1, 0.15) is 22.6 Å². The van der Waals surface area contributed by atoms with Crippen LogP contribution in [0.1, 0.15) is 21.5 Å². The van der Waals surface area contributed by atoms with Gasteiger partial charge < -0.3 is 9.88 Å². The van der Waals surface area contributed by atoms with Crippen LogP contribution in [0.15, 0.2) is 66.1 Å². The van der Waals surface area contributed by atoms with Gasteiger partial charge in [-0.3, -0.25) is 19.4 Å². The van der Waals surface area contributed by atoms with E-state index in [1.807, 2.05) is 13.0 Å². The Morgan fingerprint density at radius 3 is 2.71 bits per heavy atom. The zero-order chi connectivity index (χ0) is 22.1. The van der Waals surface area contributed by atoms with Gasteiger partial charge in [0.25, 0.3) is 11.5 Å². The summed E-state index contributed by atoms with van der Waals surface area (Å²) in [6.45, 7) is 5.79. The number of benzene rings is 1. The Kier molecular flexibility index (Phi) is 5.21. The molecule has 3 aromatic heterocycles. The number of fused-ring (bicyclic) bond motifs is 2. The Hall–Kier alpha value is -4.07. The molecular weight excluding hydrogens is 397 g/mol. The van der Waals surface area contributed by atoms with Crippen LogP contribution in [0.4, 0.5) is 4.39 Å². The molecular formula is C23H20FN5O2. The minimum atomic E-state index is -0.492. The van der Waals surface area contributed by atoms with E-state index in [-0.39, 0.29) is 46.6 Å². The van der Waals surface area contributed by atoms with E-state index in [2.05, 4.69) is 16.9 Å². The molecule has 8 heteroatoms. The van der Waals surface area contributed by atoms with Crippen LogP contribution in [0, 0.1) is 18.2 Å². The van der Waals surface area contributed by atoms with E-state index in [4.69, 9.17) is 5.41 Å². The van der Waals surface area contributed by atoms with Crippen LogP contribution in [0.2, 0.25) is 0 Å². The van der Waals surface area contributed by atoms with Crippen molar-refractivity contribution in [1.29, 1.82) is 5.41 Å². The molecule has 1 aromatic carbocycles. The maximum absolute atomic E-state index is 13.4. The molecule has 0 atom stereocenters. The average Bonchev–Trinajstić information content (AvgIpc) is 2.76. The molecule has 0 aliphatic heterocycles. The maximum Gasteiger partial charge on any atom is 0.267 e. The molecule has 1 amide bonds. The Labute approximate surface area is 176 Å². The number of aryl methyl sites for hydroxylation is 1. The van der Waals surface area contributed by atoms with Gasteiger partial charge in [0.15, 0.2) is 0 Å². The first-order valence-electron chi connectivity index (χ1n) is 9.64. The number of rotatable bonds is 5. The van der Waals surface area contributed by atoms with Crippen molar-refractivity contribution in [3.8, 4) is 0 Å². The van der Waals surface area contributed by atoms with Crippen LogP contribution >= 0.6 is 0 Å². The lowest BCUT2D eigenvalue weighted by molar-refractivity contribution is 0.0955. The molecule has 0 aliphatic rings. The van der Waals surface area contributed by atoms with Crippen molar-refractivity contribution in [3.05, 3.63) is 99.7 Å². The van der Waals surface area contributed by atoms with E-state index in [0.29, 0.717) is 11.2 Å². The smallest absolute Gasteiger partial charge is 0.267 e. The first kappa shape index (κ1) is 20.2. The fraction of sp³-hybridized carbons (Fsp3) is 0.130. The fourth-order valence-electron chi connectivity index (χ4n) is 3.46. The number of amides is 1. The number of halogens is 1. The van der Waals surface area contributed by atoms with Crippen LogP contribution in [-0.4, -0.2) is 26.4 Å². The highest BCUT2D eigenvalue weighted by Gasteiger charge is 2.18. The van der Waals surface area contributed by atoms with Gasteiger partial charge in [-0.15, -0.1) is 6.58 Å². The third-order valence-electron chi connectivity index (χ3n) is 5.04. The van der Waals surface area contributed by atoms with E-state index in [1.54, 1.807) is 24.4 Å². The van der Waals surface area contributed by atoms with Gasteiger partial charge in [0, 0.05) is 12.7 Å². The highest BCUT2D eigenvalue weighted by molar-refractivity contribution is 5.96. The van der Waals surface area contributed by atoms with Gasteiger partial charge in [-0.1, -0.05) is 24.3 Å². The summed E-state index contributed by atoms with van der Waals surface area (Å²) < 4.78 is 16.3. The minimum Gasteiger partial charge on any atom is -0.348 e. The summed E-state index contributed by atoms with van der Waals surface area (Å²) in [5.74, 6) is -0.867. The molecule has 0 unspecified atom stereocenters. The lowest BCUT2D eigenvalue weighted by Gasteiger charge is -2.15. The molecule has 0 aliphatic carbocycles. The predicted octanol–water partition coefficient (Wildman–Crippen LogP) is 2.54. The van der Waals surface area contributed by atoms with Gasteiger partial charge >= 0.3 is 0 Å². The number of hydrogen-bond acceptors (Lipinski definition) is 4. The molecule has 0 bridgehead atoms. The fourth-order valence-corrected chi connectivity index (χ4v) is 3.46. The molecule has 0 radical (unpaired) electrons. The Balaban J connectivity index is 2.05. The first-order chi connectivity index (χ1) is 14.9. The summed E-state index contributed by atoms with van der Waals surface area (Å²) in [5, 5.41) is 11.5. The summed E-state index contributed by atoms with van der Waals surface area (Å²) in [6.07, 6.45) is 3.15. The van der Waals surface area contributed by atoms with Crippen molar-refractivity contribution in [1.82, 2.24) is 19.3 Å². The molecule has 2 N–H and O–H groups in total. The van der Waals surface area contributed by atoms with E-state index < -0.39 is 5.91 Å². The largest absolute Gasteiger partial charge is 0.348 e. The third kappa shape index (κ3) is 3.63. The van der Waals surface area contributed by atoms with Crippen molar-refractivity contribution in [2.24, 2.45) is 0 Å². The number of pyridine rings is 2. The van der Waals surface area contributed by atoms with Gasteiger partial charge in [-0.25, -0.2) is 9.37 Å². The number of carbonyl (C=O) groups excluding carboxylic acids is 1. The Morgan fingerprint density at radius 1 is 1.26 bits per heavy atom. The summed E-state index contributed by atoms with van der Waals surface area (Å²) in [6, 6.07) is 10.8. The number of aromatic nitrogens is 3. The molecule has 156 valence electrons. The van der Waals surface area contributed by atoms with Crippen LogP contribution in [0.25, 0.3) is 16.7 Å². The molecule has 4 rings (SSSR count). The zero-order valence-electron chi connectivity index (χ0n) is 16.9. The molecule has 4 aromatic rings. The molecule has 0 spiro atoms. The highest BCUT2D eigenvalue weighted by atomic mass is 19.1. The molecule has 7 nitrogen and oxygen atoms in total. The highest BCUT2D eigenvalue weighted by Crippen LogP contribution is 2.14. The van der Waals surface area contributed by atoms with Crippen molar-refractivity contribution >= 4 is 22.6 Å². The summed E-state index contributed by atoms with van der Waals surface area (Å²) in [4.78, 5) is 30.6. The zero-order valence-corrected chi connectivity index (χ0v) is 16.9. The number of carbonyl (C=O) groups is 1. The number of nitrogens with zero attached hydrogens (tertiary/aromatic N) is 3. The lowest BCUT2D eigenvalue weighted by Crippen LogP contribution is -2.35. The molecule has 31 heavy (non-hydrogen) atoms. The monoisotopic (exact) mass is 417 g/mol. The number of hydrogen-bond donors (Lipinski definition) is 2. The van der Waals surface area contributed by atoms with Crippen molar-refractivity contribution in [2.45, 2.75) is 13.5 Å². The van der Waals surface area contributed by atoms with Gasteiger partial charge in [-0.2, -0.15) is 0 Å². The lowest BCUT2D eigenvalue weighted by atomic mass is 10.1. The predicted molar refractivity (Wildman–Crippen MR) is 116 cm³/mol. The molecule has 0 saturated carbocycles. The second-order valence-electron chi connectivity index (χ2n) is 7.16. The van der Waals surface area contributed by atoms with Crippen LogP contribution in [0.5, 0.6) is 0 Å². The third-order valence-corrected chi connectivity index (χ3v) is 5.04. The summed E-state index contributed by atoms with van der Waals surface area (Å²) in [7, 11) is 0.